The third kappa shape index (κ3) is 7.33. The summed E-state index contributed by atoms with van der Waals surface area (Å²) in [6.45, 7) is 9.05. The quantitative estimate of drug-likeness (QED) is 0.711. The number of amides is 2. The monoisotopic (exact) mass is 287 g/mol. The average molecular weight is 287 g/mol. The molecule has 0 saturated carbocycles. The highest BCUT2D eigenvalue weighted by molar-refractivity contribution is 5.75. The zero-order valence-corrected chi connectivity index (χ0v) is 13.6. The van der Waals surface area contributed by atoms with E-state index >= 15 is 0 Å². The molecule has 0 fully saturated rings. The van der Waals surface area contributed by atoms with Gasteiger partial charge in [-0.3, -0.25) is 4.79 Å². The van der Waals surface area contributed by atoms with Gasteiger partial charge in [0.05, 0.1) is 0 Å². The predicted octanol–water partition coefficient (Wildman–Crippen LogP) is 1.61. The number of carboxylic acid groups (broad SMARTS) is 1. The van der Waals surface area contributed by atoms with Crippen molar-refractivity contribution in [2.24, 2.45) is 0 Å². The molecule has 0 radical (unpaired) electrons. The molecule has 0 rings (SSSR count). The van der Waals surface area contributed by atoms with Gasteiger partial charge < -0.3 is 20.2 Å². The van der Waals surface area contributed by atoms with Crippen molar-refractivity contribution in [2.45, 2.75) is 52.1 Å². The summed E-state index contributed by atoms with van der Waals surface area (Å²) in [6, 6.07) is -0.0393. The predicted molar refractivity (Wildman–Crippen MR) is 79.9 cm³/mol. The van der Waals surface area contributed by atoms with Crippen molar-refractivity contribution in [3.63, 3.8) is 0 Å². The maximum atomic E-state index is 12.3. The van der Waals surface area contributed by atoms with E-state index in [2.05, 4.69) is 5.32 Å². The number of carboxylic acids is 1. The van der Waals surface area contributed by atoms with Crippen LogP contribution in [-0.4, -0.2) is 65.7 Å². The van der Waals surface area contributed by atoms with E-state index < -0.39 is 11.5 Å². The summed E-state index contributed by atoms with van der Waals surface area (Å²) in [5, 5.41) is 11.6. The Labute approximate surface area is 122 Å². The van der Waals surface area contributed by atoms with Crippen LogP contribution in [0.3, 0.4) is 0 Å². The van der Waals surface area contributed by atoms with E-state index in [9.17, 15) is 9.59 Å². The lowest BCUT2D eigenvalue weighted by Crippen LogP contribution is -2.54. The van der Waals surface area contributed by atoms with Crippen molar-refractivity contribution in [1.29, 1.82) is 0 Å². The summed E-state index contributed by atoms with van der Waals surface area (Å²) in [4.78, 5) is 26.7. The molecule has 0 aliphatic heterocycles. The minimum atomic E-state index is -0.847. The molecule has 1 unspecified atom stereocenters. The van der Waals surface area contributed by atoms with Gasteiger partial charge in [-0.2, -0.15) is 0 Å². The molecule has 1 atom stereocenters. The van der Waals surface area contributed by atoms with Crippen molar-refractivity contribution in [1.82, 2.24) is 15.1 Å². The Morgan fingerprint density at radius 2 is 1.85 bits per heavy atom. The van der Waals surface area contributed by atoms with Crippen molar-refractivity contribution in [2.75, 3.05) is 27.2 Å². The Kier molecular flexibility index (Phi) is 7.57. The number of hydrogen-bond acceptors (Lipinski definition) is 3. The van der Waals surface area contributed by atoms with Crippen LogP contribution in [0.2, 0.25) is 0 Å². The highest BCUT2D eigenvalue weighted by Crippen LogP contribution is 2.13. The van der Waals surface area contributed by atoms with Crippen LogP contribution in [0, 0.1) is 0 Å². The van der Waals surface area contributed by atoms with Crippen LogP contribution >= 0.6 is 0 Å². The second kappa shape index (κ2) is 8.09. The highest BCUT2D eigenvalue weighted by atomic mass is 16.4. The lowest BCUT2D eigenvalue weighted by molar-refractivity contribution is -0.137. The minimum absolute atomic E-state index is 0.0483. The molecule has 0 heterocycles. The van der Waals surface area contributed by atoms with Gasteiger partial charge in [0.1, 0.15) is 0 Å². The van der Waals surface area contributed by atoms with E-state index in [1.807, 2.05) is 46.7 Å². The average Bonchev–Trinajstić information content (AvgIpc) is 2.25. The van der Waals surface area contributed by atoms with Gasteiger partial charge in [-0.25, -0.2) is 4.79 Å². The van der Waals surface area contributed by atoms with E-state index in [-0.39, 0.29) is 18.5 Å². The summed E-state index contributed by atoms with van der Waals surface area (Å²) >= 11 is 0. The third-order valence-electron chi connectivity index (χ3n) is 3.17. The van der Waals surface area contributed by atoms with Crippen LogP contribution < -0.4 is 5.32 Å². The summed E-state index contributed by atoms with van der Waals surface area (Å²) in [5.41, 5.74) is -0.527. The molecular formula is C14H29N3O3. The smallest absolute Gasteiger partial charge is 0.318 e. The molecule has 0 aromatic rings. The molecule has 0 bridgehead atoms. The molecule has 20 heavy (non-hydrogen) atoms. The van der Waals surface area contributed by atoms with E-state index in [1.165, 1.54) is 0 Å². The maximum absolute atomic E-state index is 12.3. The van der Waals surface area contributed by atoms with E-state index in [1.54, 1.807) is 4.90 Å². The standard InChI is InChI=1S/C14H29N3O3/c1-7-17(11(2)10-16(5)6)13(20)15-14(3,4)9-8-12(18)19/h11H,7-10H2,1-6H3,(H,15,20)(H,18,19). The number of aliphatic carboxylic acids is 1. The number of carbonyl (C=O) groups is 2. The van der Waals surface area contributed by atoms with Crippen LogP contribution in [0.15, 0.2) is 0 Å². The number of carbonyl (C=O) groups excluding carboxylic acids is 1. The van der Waals surface area contributed by atoms with Crippen LogP contribution in [-0.2, 0) is 4.79 Å². The first-order valence-corrected chi connectivity index (χ1v) is 7.04. The Morgan fingerprint density at radius 3 is 2.25 bits per heavy atom. The fraction of sp³-hybridized carbons (Fsp3) is 0.857. The SMILES string of the molecule is CCN(C(=O)NC(C)(C)CCC(=O)O)C(C)CN(C)C. The highest BCUT2D eigenvalue weighted by Gasteiger charge is 2.26. The van der Waals surface area contributed by atoms with Gasteiger partial charge in [0.25, 0.3) is 0 Å². The lowest BCUT2D eigenvalue weighted by atomic mass is 9.98. The number of likely N-dealkylation sites (N-methyl/N-ethyl adjacent to an activating group) is 2. The molecule has 118 valence electrons. The molecule has 6 heteroatoms. The van der Waals surface area contributed by atoms with E-state index in [4.69, 9.17) is 5.11 Å². The first-order valence-electron chi connectivity index (χ1n) is 7.04. The Hall–Kier alpha value is -1.30. The van der Waals surface area contributed by atoms with E-state index in [0.717, 1.165) is 6.54 Å². The molecule has 2 amide bonds. The van der Waals surface area contributed by atoms with E-state index in [0.29, 0.717) is 13.0 Å². The van der Waals surface area contributed by atoms with Crippen LogP contribution in [0.4, 0.5) is 4.79 Å². The van der Waals surface area contributed by atoms with Gasteiger partial charge in [0, 0.05) is 31.1 Å². The van der Waals surface area contributed by atoms with Gasteiger partial charge in [-0.15, -0.1) is 0 Å². The largest absolute Gasteiger partial charge is 0.481 e. The Balaban J connectivity index is 4.57. The number of urea groups is 1. The molecule has 0 aromatic heterocycles. The van der Waals surface area contributed by atoms with Gasteiger partial charge in [0.2, 0.25) is 0 Å². The molecule has 6 nitrogen and oxygen atoms in total. The van der Waals surface area contributed by atoms with Crippen LogP contribution in [0.5, 0.6) is 0 Å². The van der Waals surface area contributed by atoms with Crippen molar-refractivity contribution in [3.05, 3.63) is 0 Å². The molecule has 0 spiro atoms. The Morgan fingerprint density at radius 1 is 1.30 bits per heavy atom. The lowest BCUT2D eigenvalue weighted by Gasteiger charge is -2.34. The first kappa shape index (κ1) is 18.7. The molecular weight excluding hydrogens is 258 g/mol. The summed E-state index contributed by atoms with van der Waals surface area (Å²) in [7, 11) is 3.94. The first-order chi connectivity index (χ1) is 9.09. The fourth-order valence-electron chi connectivity index (χ4n) is 2.13. The van der Waals surface area contributed by atoms with Crippen molar-refractivity contribution in [3.8, 4) is 0 Å². The maximum Gasteiger partial charge on any atom is 0.318 e. The third-order valence-corrected chi connectivity index (χ3v) is 3.17. The topological polar surface area (TPSA) is 72.9 Å². The number of rotatable bonds is 8. The van der Waals surface area contributed by atoms with Crippen LogP contribution in [0.1, 0.15) is 40.5 Å². The Bertz CT molecular complexity index is 330. The van der Waals surface area contributed by atoms with Gasteiger partial charge in [0.15, 0.2) is 0 Å². The number of hydrogen-bond donors (Lipinski definition) is 2. The molecule has 0 aromatic carbocycles. The summed E-state index contributed by atoms with van der Waals surface area (Å²) < 4.78 is 0. The minimum Gasteiger partial charge on any atom is -0.481 e. The molecule has 0 aliphatic carbocycles. The number of nitrogens with zero attached hydrogens (tertiary/aromatic N) is 2. The van der Waals surface area contributed by atoms with Crippen LogP contribution in [0.25, 0.3) is 0 Å². The zero-order valence-electron chi connectivity index (χ0n) is 13.6. The fourth-order valence-corrected chi connectivity index (χ4v) is 2.13. The molecule has 0 saturated heterocycles. The second-order valence-electron chi connectivity index (χ2n) is 6.11. The molecule has 2 N–H and O–H groups in total. The van der Waals surface area contributed by atoms with Gasteiger partial charge in [-0.1, -0.05) is 0 Å². The normalized spacial score (nSPS) is 13.2. The summed E-state index contributed by atoms with van der Waals surface area (Å²) in [5.74, 6) is -0.847. The summed E-state index contributed by atoms with van der Waals surface area (Å²) in [6.07, 6.45) is 0.459. The van der Waals surface area contributed by atoms with Gasteiger partial charge in [-0.05, 0) is 48.2 Å². The number of nitrogens with one attached hydrogen (secondary N) is 1. The second-order valence-corrected chi connectivity index (χ2v) is 6.11. The van der Waals surface area contributed by atoms with Crippen molar-refractivity contribution < 1.29 is 14.7 Å². The molecule has 0 aliphatic rings. The van der Waals surface area contributed by atoms with Gasteiger partial charge >= 0.3 is 12.0 Å². The zero-order chi connectivity index (χ0) is 15.9. The van der Waals surface area contributed by atoms with Crippen molar-refractivity contribution >= 4 is 12.0 Å².